The summed E-state index contributed by atoms with van der Waals surface area (Å²) >= 11 is 0. The Hall–Kier alpha value is -3.53. The minimum absolute atomic E-state index is 0.0727. The second-order valence-corrected chi connectivity index (χ2v) is 8.22. The smallest absolute Gasteiger partial charge is 0.285 e. The van der Waals surface area contributed by atoms with Crippen LogP contribution in [0.5, 0.6) is 0 Å². The molecule has 0 fully saturated rings. The summed E-state index contributed by atoms with van der Waals surface area (Å²) in [4.78, 5) is 29.3. The molecule has 0 spiro atoms. The number of rotatable bonds is 6. The maximum Gasteiger partial charge on any atom is 0.285 e. The first kappa shape index (κ1) is 19.8. The lowest BCUT2D eigenvalue weighted by molar-refractivity contribution is -0.120. The lowest BCUT2D eigenvalue weighted by Gasteiger charge is -2.14. The zero-order valence-electron chi connectivity index (χ0n) is 16.0. The number of ketones is 1. The van der Waals surface area contributed by atoms with Gasteiger partial charge >= 0.3 is 0 Å². The van der Waals surface area contributed by atoms with Crippen LogP contribution >= 0.6 is 0 Å². The summed E-state index contributed by atoms with van der Waals surface area (Å²) in [6.07, 6.45) is 0.335. The first-order valence-electron chi connectivity index (χ1n) is 9.26. The number of para-hydroxylation sites is 2. The Bertz CT molecular complexity index is 1250. The molecule has 3 aromatic rings. The molecular weight excluding hydrogens is 408 g/mol. The van der Waals surface area contributed by atoms with E-state index in [0.717, 1.165) is 0 Å². The van der Waals surface area contributed by atoms with Crippen LogP contribution in [-0.4, -0.2) is 43.5 Å². The van der Waals surface area contributed by atoms with E-state index in [1.807, 2.05) is 0 Å². The van der Waals surface area contributed by atoms with E-state index in [2.05, 4.69) is 20.0 Å². The molecular formula is C20H18N4O5S. The van der Waals surface area contributed by atoms with Crippen LogP contribution in [0.4, 0.5) is 0 Å². The van der Waals surface area contributed by atoms with Crippen molar-refractivity contribution in [2.45, 2.75) is 24.3 Å². The van der Waals surface area contributed by atoms with Crippen molar-refractivity contribution in [3.8, 4) is 0 Å². The highest BCUT2D eigenvalue weighted by atomic mass is 32.2. The first-order valence-corrected chi connectivity index (χ1v) is 10.7. The third kappa shape index (κ3) is 3.69. The Morgan fingerprint density at radius 2 is 1.83 bits per heavy atom. The summed E-state index contributed by atoms with van der Waals surface area (Å²) in [6, 6.07) is 12.5. The zero-order valence-corrected chi connectivity index (χ0v) is 16.8. The Kier molecular flexibility index (Phi) is 5.08. The second-order valence-electron chi connectivity index (χ2n) is 6.64. The molecule has 1 amide bonds. The van der Waals surface area contributed by atoms with E-state index in [1.54, 1.807) is 49.4 Å². The van der Waals surface area contributed by atoms with Gasteiger partial charge in [-0.1, -0.05) is 31.2 Å². The van der Waals surface area contributed by atoms with E-state index >= 15 is 0 Å². The predicted molar refractivity (Wildman–Crippen MR) is 109 cm³/mol. The highest BCUT2D eigenvalue weighted by Gasteiger charge is 2.29. The number of hydrogen-bond donors (Lipinski definition) is 2. The average molecular weight is 426 g/mol. The third-order valence-corrected chi connectivity index (χ3v) is 5.95. The van der Waals surface area contributed by atoms with Crippen LogP contribution in [0.25, 0.3) is 11.1 Å². The highest BCUT2D eigenvalue weighted by Crippen LogP contribution is 2.24. The lowest BCUT2D eigenvalue weighted by Crippen LogP contribution is -2.45. The van der Waals surface area contributed by atoms with Crippen LogP contribution in [0.2, 0.25) is 0 Å². The summed E-state index contributed by atoms with van der Waals surface area (Å²) in [6.45, 7) is 1.50. The lowest BCUT2D eigenvalue weighted by atomic mass is 10.1. The molecule has 1 atom stereocenters. The number of nitrogens with zero attached hydrogens (tertiary/aromatic N) is 2. The molecule has 0 bridgehead atoms. The van der Waals surface area contributed by atoms with Crippen molar-refractivity contribution in [2.75, 3.05) is 6.54 Å². The van der Waals surface area contributed by atoms with Crippen LogP contribution in [0, 0.1) is 0 Å². The summed E-state index contributed by atoms with van der Waals surface area (Å²) in [5.74, 6) is -0.903. The molecule has 1 aliphatic rings. The van der Waals surface area contributed by atoms with Crippen molar-refractivity contribution in [3.05, 3.63) is 60.0 Å². The van der Waals surface area contributed by atoms with Crippen molar-refractivity contribution in [1.29, 1.82) is 0 Å². The Balaban J connectivity index is 1.42. The summed E-state index contributed by atoms with van der Waals surface area (Å²) in [7, 11) is -3.77. The third-order valence-electron chi connectivity index (χ3n) is 4.61. The quantitative estimate of drug-likeness (QED) is 0.573. The standard InChI is InChI=1S/C20H18N4O5S/c1-2-13(18(26)20-23-14-8-4-5-9-15(14)29-20)22-17(25)11-21-19-12-7-3-6-10-16(12)30(27,28)24-19/h3-10,13H,2,11H2,1H3,(H,21,24)(H,22,25)/t13-/m0/s1. The number of Topliss-reactive ketones (excluding diaryl/α,β-unsaturated/α-hetero) is 1. The van der Waals surface area contributed by atoms with Crippen LogP contribution < -0.4 is 10.6 Å². The van der Waals surface area contributed by atoms with E-state index in [9.17, 15) is 18.0 Å². The molecule has 1 aliphatic heterocycles. The van der Waals surface area contributed by atoms with Crippen molar-refractivity contribution in [1.82, 2.24) is 15.6 Å². The molecule has 2 aromatic carbocycles. The fourth-order valence-electron chi connectivity index (χ4n) is 3.12. The van der Waals surface area contributed by atoms with Crippen LogP contribution in [0.3, 0.4) is 0 Å². The van der Waals surface area contributed by atoms with Crippen molar-refractivity contribution < 1.29 is 22.4 Å². The van der Waals surface area contributed by atoms with Crippen LogP contribution in [0.1, 0.15) is 29.6 Å². The maximum atomic E-state index is 12.7. The fourth-order valence-corrected chi connectivity index (χ4v) is 4.32. The van der Waals surface area contributed by atoms with Gasteiger partial charge in [0, 0.05) is 5.56 Å². The predicted octanol–water partition coefficient (Wildman–Crippen LogP) is 1.64. The molecule has 1 aromatic heterocycles. The monoisotopic (exact) mass is 426 g/mol. The van der Waals surface area contributed by atoms with Gasteiger partial charge in [0.2, 0.25) is 11.7 Å². The first-order chi connectivity index (χ1) is 14.4. The Labute approximate surface area is 172 Å². The SMILES string of the molecule is CC[C@H](NC(=O)CNC1=NS(=O)(=O)c2ccccc21)C(=O)c1nc2ccccc2o1. The number of amides is 1. The maximum absolute atomic E-state index is 12.7. The Morgan fingerprint density at radius 3 is 2.60 bits per heavy atom. The number of carbonyl (C=O) groups is 2. The number of nitrogens with one attached hydrogen (secondary N) is 2. The molecule has 2 heterocycles. The molecule has 0 radical (unpaired) electrons. The minimum atomic E-state index is -3.77. The number of aromatic nitrogens is 1. The topological polar surface area (TPSA) is 131 Å². The number of amidine groups is 1. The van der Waals surface area contributed by atoms with Gasteiger partial charge in [0.25, 0.3) is 15.9 Å². The number of sulfonamides is 1. The molecule has 0 saturated heterocycles. The van der Waals surface area contributed by atoms with Gasteiger partial charge in [0.1, 0.15) is 16.2 Å². The molecule has 9 nitrogen and oxygen atoms in total. The number of benzene rings is 2. The average Bonchev–Trinajstić information content (AvgIpc) is 3.29. The van der Waals surface area contributed by atoms with Gasteiger partial charge in [-0.3, -0.25) is 9.59 Å². The largest absolute Gasteiger partial charge is 0.434 e. The Morgan fingerprint density at radius 1 is 1.10 bits per heavy atom. The van der Waals surface area contributed by atoms with Crippen molar-refractivity contribution >= 4 is 38.6 Å². The van der Waals surface area contributed by atoms with Crippen molar-refractivity contribution in [2.24, 2.45) is 4.40 Å². The second kappa shape index (κ2) is 7.71. The molecule has 0 unspecified atom stereocenters. The van der Waals surface area contributed by atoms with Crippen molar-refractivity contribution in [3.63, 3.8) is 0 Å². The number of fused-ring (bicyclic) bond motifs is 2. The molecule has 30 heavy (non-hydrogen) atoms. The van der Waals surface area contributed by atoms with Gasteiger partial charge in [0.05, 0.1) is 12.6 Å². The molecule has 0 saturated carbocycles. The molecule has 0 aliphatic carbocycles. The minimum Gasteiger partial charge on any atom is -0.434 e. The summed E-state index contributed by atoms with van der Waals surface area (Å²) < 4.78 is 33.3. The number of carbonyl (C=O) groups excluding carboxylic acids is 2. The van der Waals surface area contributed by atoms with Gasteiger partial charge in [-0.05, 0) is 30.7 Å². The van der Waals surface area contributed by atoms with E-state index in [1.165, 1.54) is 6.07 Å². The van der Waals surface area contributed by atoms with E-state index in [4.69, 9.17) is 4.42 Å². The molecule has 2 N–H and O–H groups in total. The molecule has 154 valence electrons. The van der Waals surface area contributed by atoms with Gasteiger partial charge < -0.3 is 15.1 Å². The van der Waals surface area contributed by atoms with Gasteiger partial charge in [-0.25, -0.2) is 4.98 Å². The van der Waals surface area contributed by atoms with E-state index < -0.39 is 27.8 Å². The number of oxazole rings is 1. The fraction of sp³-hybridized carbons (Fsp3) is 0.200. The highest BCUT2D eigenvalue weighted by molar-refractivity contribution is 7.90. The molecule has 4 rings (SSSR count). The zero-order chi connectivity index (χ0) is 21.3. The summed E-state index contributed by atoms with van der Waals surface area (Å²) in [5.41, 5.74) is 1.45. The number of hydrogen-bond acceptors (Lipinski definition) is 7. The normalized spacial score (nSPS) is 15.3. The van der Waals surface area contributed by atoms with E-state index in [0.29, 0.717) is 23.1 Å². The van der Waals surface area contributed by atoms with E-state index in [-0.39, 0.29) is 23.2 Å². The van der Waals surface area contributed by atoms with Gasteiger partial charge in [-0.15, -0.1) is 4.40 Å². The van der Waals surface area contributed by atoms with Crippen LogP contribution in [-0.2, 0) is 14.8 Å². The van der Waals surface area contributed by atoms with Crippen LogP contribution in [0.15, 0.2) is 62.2 Å². The van der Waals surface area contributed by atoms with Gasteiger partial charge in [0.15, 0.2) is 5.58 Å². The summed E-state index contributed by atoms with van der Waals surface area (Å²) in [5, 5.41) is 5.35. The molecule has 10 heteroatoms. The van der Waals surface area contributed by atoms with Gasteiger partial charge in [-0.2, -0.15) is 8.42 Å².